The van der Waals surface area contributed by atoms with Crippen molar-refractivity contribution >= 4 is 5.69 Å². The summed E-state index contributed by atoms with van der Waals surface area (Å²) in [5.41, 5.74) is 0.945. The fraction of sp³-hybridized carbons (Fsp3) is 0.571. The molecule has 2 saturated heterocycles. The van der Waals surface area contributed by atoms with Crippen LogP contribution in [0.25, 0.3) is 0 Å². The topological polar surface area (TPSA) is 74.1 Å². The van der Waals surface area contributed by atoms with Gasteiger partial charge in [-0.2, -0.15) is 5.06 Å². The lowest BCUT2D eigenvalue weighted by molar-refractivity contribution is -0.385. The van der Waals surface area contributed by atoms with Crippen molar-refractivity contribution < 1.29 is 19.2 Å². The van der Waals surface area contributed by atoms with Gasteiger partial charge >= 0.3 is 0 Å². The highest BCUT2D eigenvalue weighted by molar-refractivity contribution is 5.36. The van der Waals surface area contributed by atoms with Crippen molar-refractivity contribution in [3.05, 3.63) is 39.9 Å². The summed E-state index contributed by atoms with van der Waals surface area (Å²) >= 11 is 0. The smallest absolute Gasteiger partial charge is 0.269 e. The second-order valence-electron chi connectivity index (χ2n) is 5.39. The number of nitro groups is 1. The van der Waals surface area contributed by atoms with E-state index in [-0.39, 0.29) is 35.0 Å². The molecule has 21 heavy (non-hydrogen) atoms. The molecular weight excluding hydrogens is 276 g/mol. The third kappa shape index (κ3) is 2.77. The fourth-order valence-electron chi connectivity index (χ4n) is 2.99. The van der Waals surface area contributed by atoms with Gasteiger partial charge in [0.1, 0.15) is 6.10 Å². The zero-order valence-electron chi connectivity index (χ0n) is 12.0. The van der Waals surface area contributed by atoms with Gasteiger partial charge < -0.3 is 9.47 Å². The summed E-state index contributed by atoms with van der Waals surface area (Å²) < 4.78 is 11.2. The van der Waals surface area contributed by atoms with Crippen molar-refractivity contribution in [3.63, 3.8) is 0 Å². The molecule has 2 heterocycles. The largest absolute Gasteiger partial charge is 0.353 e. The van der Waals surface area contributed by atoms with Gasteiger partial charge in [-0.15, -0.1) is 0 Å². The van der Waals surface area contributed by atoms with Crippen LogP contribution in [0.2, 0.25) is 0 Å². The number of rotatable bonds is 2. The molecule has 0 aliphatic carbocycles. The molecule has 3 rings (SSSR count). The lowest BCUT2D eigenvalue weighted by Gasteiger charge is -2.23. The molecule has 0 N–H and O–H groups in total. The van der Waals surface area contributed by atoms with E-state index < -0.39 is 0 Å². The maximum atomic E-state index is 10.9. The Morgan fingerprint density at radius 2 is 2.10 bits per heavy atom. The Morgan fingerprint density at radius 3 is 2.86 bits per heavy atom. The summed E-state index contributed by atoms with van der Waals surface area (Å²) in [6, 6.07) is 6.59. The molecule has 114 valence electrons. The van der Waals surface area contributed by atoms with Gasteiger partial charge in [-0.3, -0.25) is 15.0 Å². The Balaban J connectivity index is 1.89. The molecule has 0 saturated carbocycles. The molecule has 1 aromatic rings. The van der Waals surface area contributed by atoms with Crippen molar-refractivity contribution in [1.29, 1.82) is 0 Å². The van der Waals surface area contributed by atoms with Gasteiger partial charge in [0.15, 0.2) is 6.29 Å². The lowest BCUT2D eigenvalue weighted by Crippen LogP contribution is -2.25. The maximum Gasteiger partial charge on any atom is 0.269 e. The number of nitro benzene ring substituents is 1. The van der Waals surface area contributed by atoms with Crippen LogP contribution in [-0.2, 0) is 14.3 Å². The van der Waals surface area contributed by atoms with Crippen LogP contribution in [0.1, 0.15) is 18.5 Å². The highest BCUT2D eigenvalue weighted by atomic mass is 16.7. The van der Waals surface area contributed by atoms with E-state index in [1.54, 1.807) is 17.2 Å². The minimum Gasteiger partial charge on any atom is -0.353 e. The molecule has 2 aliphatic heterocycles. The van der Waals surface area contributed by atoms with Gasteiger partial charge in [0, 0.05) is 25.1 Å². The Morgan fingerprint density at radius 1 is 1.33 bits per heavy atom. The standard InChI is InChI=1S/C14H18N2O5/c1-9-19-7-12-13(8-20-9)21-15(2)14(12)10-4-3-5-11(6-10)16(17)18/h3-6,9,12-14H,7-8H2,1-2H3/t9-,12-,13-,14+/m0/s1. The van der Waals surface area contributed by atoms with Crippen LogP contribution >= 0.6 is 0 Å². The van der Waals surface area contributed by atoms with Gasteiger partial charge in [0.2, 0.25) is 0 Å². The molecule has 1 aromatic carbocycles. The van der Waals surface area contributed by atoms with Gasteiger partial charge in [0.25, 0.3) is 5.69 Å². The Bertz CT molecular complexity index is 538. The molecule has 2 fully saturated rings. The lowest BCUT2D eigenvalue weighted by atomic mass is 9.90. The van der Waals surface area contributed by atoms with Crippen LogP contribution in [-0.4, -0.2) is 42.6 Å². The fourth-order valence-corrected chi connectivity index (χ4v) is 2.99. The van der Waals surface area contributed by atoms with Crippen molar-refractivity contribution in [2.24, 2.45) is 5.92 Å². The van der Waals surface area contributed by atoms with Crippen LogP contribution in [0.3, 0.4) is 0 Å². The third-order valence-electron chi connectivity index (χ3n) is 4.02. The zero-order valence-corrected chi connectivity index (χ0v) is 12.0. The number of fused-ring (bicyclic) bond motifs is 1. The Hall–Kier alpha value is -1.54. The molecule has 0 radical (unpaired) electrons. The highest BCUT2D eigenvalue weighted by Gasteiger charge is 2.44. The van der Waals surface area contributed by atoms with E-state index in [2.05, 4.69) is 0 Å². The van der Waals surface area contributed by atoms with Crippen LogP contribution in [0.5, 0.6) is 0 Å². The predicted molar refractivity (Wildman–Crippen MR) is 73.3 cm³/mol. The van der Waals surface area contributed by atoms with Crippen molar-refractivity contribution in [2.75, 3.05) is 20.3 Å². The molecule has 0 unspecified atom stereocenters. The monoisotopic (exact) mass is 294 g/mol. The van der Waals surface area contributed by atoms with E-state index >= 15 is 0 Å². The minimum absolute atomic E-state index is 0.0798. The SMILES string of the molecule is C[C@H]1OC[C@H]2[C@H](CO1)ON(C)[C@@H]2c1cccc([N+](=O)[O-])c1. The number of hydrogen-bond donors (Lipinski definition) is 0. The molecular formula is C14H18N2O5. The van der Waals surface area contributed by atoms with Crippen molar-refractivity contribution in [1.82, 2.24) is 5.06 Å². The normalized spacial score (nSPS) is 33.4. The number of hydrogen-bond acceptors (Lipinski definition) is 6. The second-order valence-corrected chi connectivity index (χ2v) is 5.39. The van der Waals surface area contributed by atoms with E-state index in [0.717, 1.165) is 5.56 Å². The van der Waals surface area contributed by atoms with Gasteiger partial charge in [-0.1, -0.05) is 12.1 Å². The minimum atomic E-state index is -0.383. The van der Waals surface area contributed by atoms with Crippen LogP contribution < -0.4 is 0 Å². The van der Waals surface area contributed by atoms with Crippen LogP contribution in [0, 0.1) is 16.0 Å². The van der Waals surface area contributed by atoms with E-state index in [1.807, 2.05) is 20.0 Å². The number of nitrogens with zero attached hydrogens (tertiary/aromatic N) is 2. The second kappa shape index (κ2) is 5.69. The molecule has 2 aliphatic rings. The molecule has 0 bridgehead atoms. The Labute approximate surface area is 122 Å². The summed E-state index contributed by atoms with van der Waals surface area (Å²) in [5.74, 6) is 0.0851. The van der Waals surface area contributed by atoms with Crippen LogP contribution in [0.15, 0.2) is 24.3 Å². The predicted octanol–water partition coefficient (Wildman–Crippen LogP) is 1.89. The molecule has 0 aromatic heterocycles. The first-order valence-electron chi connectivity index (χ1n) is 6.93. The number of non-ortho nitro benzene ring substituents is 1. The van der Waals surface area contributed by atoms with Crippen molar-refractivity contribution in [2.45, 2.75) is 25.4 Å². The average molecular weight is 294 g/mol. The molecule has 7 nitrogen and oxygen atoms in total. The number of ether oxygens (including phenoxy) is 2. The van der Waals surface area contributed by atoms with Gasteiger partial charge in [-0.05, 0) is 12.5 Å². The van der Waals surface area contributed by atoms with E-state index in [0.29, 0.717) is 13.2 Å². The first-order chi connectivity index (χ1) is 10.1. The first kappa shape index (κ1) is 14.4. The number of hydroxylamine groups is 2. The summed E-state index contributed by atoms with van der Waals surface area (Å²) in [6.45, 7) is 2.82. The summed E-state index contributed by atoms with van der Waals surface area (Å²) in [7, 11) is 1.83. The number of benzene rings is 1. The molecule has 0 amide bonds. The van der Waals surface area contributed by atoms with E-state index in [9.17, 15) is 10.1 Å². The maximum absolute atomic E-state index is 10.9. The zero-order chi connectivity index (χ0) is 15.0. The summed E-state index contributed by atoms with van der Waals surface area (Å²) in [5, 5.41) is 12.7. The highest BCUT2D eigenvalue weighted by Crippen LogP contribution is 2.40. The van der Waals surface area contributed by atoms with E-state index in [4.69, 9.17) is 14.3 Å². The van der Waals surface area contributed by atoms with Crippen molar-refractivity contribution in [3.8, 4) is 0 Å². The van der Waals surface area contributed by atoms with Gasteiger partial charge in [-0.25, -0.2) is 0 Å². The first-order valence-corrected chi connectivity index (χ1v) is 6.93. The summed E-state index contributed by atoms with van der Waals surface area (Å²) in [4.78, 5) is 16.4. The van der Waals surface area contributed by atoms with Crippen LogP contribution in [0.4, 0.5) is 5.69 Å². The summed E-state index contributed by atoms with van der Waals surface area (Å²) in [6.07, 6.45) is -0.348. The molecule has 0 spiro atoms. The molecule has 7 heteroatoms. The van der Waals surface area contributed by atoms with E-state index in [1.165, 1.54) is 6.07 Å². The van der Waals surface area contributed by atoms with Gasteiger partial charge in [0.05, 0.1) is 24.2 Å². The quantitative estimate of drug-likeness (QED) is 0.612. The average Bonchev–Trinajstić information content (AvgIpc) is 2.68. The molecule has 4 atom stereocenters. The Kier molecular flexibility index (Phi) is 3.90. The third-order valence-corrected chi connectivity index (χ3v) is 4.02.